The minimum absolute atomic E-state index is 0.000746. The third kappa shape index (κ3) is 2.12. The van der Waals surface area contributed by atoms with Crippen LogP contribution in [0, 0.1) is 30.9 Å². The Kier molecular flexibility index (Phi) is 3.16. The van der Waals surface area contributed by atoms with Gasteiger partial charge in [0.15, 0.2) is 6.29 Å². The number of non-ortho nitro benzene ring substituents is 1. The lowest BCUT2D eigenvalue weighted by Gasteiger charge is -2.07. The van der Waals surface area contributed by atoms with Gasteiger partial charge in [-0.15, -0.1) is 0 Å². The summed E-state index contributed by atoms with van der Waals surface area (Å²) in [4.78, 5) is 21.4. The van der Waals surface area contributed by atoms with Crippen molar-refractivity contribution >= 4 is 12.0 Å². The molecule has 0 unspecified atom stereocenters. The molecule has 0 radical (unpaired) electrons. The lowest BCUT2D eigenvalue weighted by atomic mass is 10.1. The molecule has 1 aromatic heterocycles. The van der Waals surface area contributed by atoms with Gasteiger partial charge < -0.3 is 0 Å². The number of benzene rings is 1. The van der Waals surface area contributed by atoms with Gasteiger partial charge in [0.25, 0.3) is 5.69 Å². The number of aldehydes is 1. The van der Waals surface area contributed by atoms with Crippen LogP contribution in [0.1, 0.15) is 27.3 Å². The molecule has 0 aliphatic heterocycles. The van der Waals surface area contributed by atoms with E-state index in [-0.39, 0.29) is 5.69 Å². The van der Waals surface area contributed by atoms with Crippen molar-refractivity contribution in [3.8, 4) is 5.69 Å². The molecule has 0 saturated carbocycles. The summed E-state index contributed by atoms with van der Waals surface area (Å²) in [6.07, 6.45) is 0.751. The Balaban J connectivity index is 2.68. The van der Waals surface area contributed by atoms with Crippen molar-refractivity contribution in [2.75, 3.05) is 0 Å². The van der Waals surface area contributed by atoms with Gasteiger partial charge in [-0.25, -0.2) is 4.68 Å². The van der Waals surface area contributed by atoms with Crippen LogP contribution in [0.3, 0.4) is 0 Å². The first kappa shape index (κ1) is 12.9. The first-order valence-electron chi connectivity index (χ1n) is 5.72. The highest BCUT2D eigenvalue weighted by atomic mass is 16.6. The monoisotopic (exact) mass is 259 g/mol. The lowest BCUT2D eigenvalue weighted by molar-refractivity contribution is -0.384. The summed E-state index contributed by atoms with van der Waals surface area (Å²) in [5, 5.41) is 15.1. The van der Waals surface area contributed by atoms with Gasteiger partial charge in [0.05, 0.1) is 27.6 Å². The van der Waals surface area contributed by atoms with E-state index in [0.29, 0.717) is 22.6 Å². The first-order chi connectivity index (χ1) is 8.95. The molecule has 98 valence electrons. The molecule has 0 aliphatic carbocycles. The fourth-order valence-corrected chi connectivity index (χ4v) is 2.00. The van der Waals surface area contributed by atoms with Crippen molar-refractivity contribution in [2.45, 2.75) is 20.8 Å². The molecule has 0 amide bonds. The van der Waals surface area contributed by atoms with Crippen LogP contribution < -0.4 is 0 Å². The molecule has 0 bridgehead atoms. The number of hydrogen-bond donors (Lipinski definition) is 0. The molecular formula is C13H13N3O3. The standard InChI is InChI=1S/C13H13N3O3/c1-8-4-5-11(16(18)19)6-13(8)15-10(3)12(7-17)9(2)14-15/h4-7H,1-3H3. The van der Waals surface area contributed by atoms with Crippen LogP contribution in [0.4, 0.5) is 5.69 Å². The van der Waals surface area contributed by atoms with Crippen molar-refractivity contribution < 1.29 is 9.72 Å². The maximum absolute atomic E-state index is 11.0. The average molecular weight is 259 g/mol. The van der Waals surface area contributed by atoms with Crippen LogP contribution >= 0.6 is 0 Å². The Morgan fingerprint density at radius 1 is 1.32 bits per heavy atom. The molecule has 0 aliphatic rings. The maximum Gasteiger partial charge on any atom is 0.271 e. The molecule has 2 rings (SSSR count). The zero-order valence-electron chi connectivity index (χ0n) is 10.9. The number of aryl methyl sites for hydroxylation is 2. The van der Waals surface area contributed by atoms with Gasteiger partial charge in [-0.2, -0.15) is 5.10 Å². The molecule has 0 fully saturated rings. The van der Waals surface area contributed by atoms with E-state index in [1.165, 1.54) is 12.1 Å². The van der Waals surface area contributed by atoms with E-state index < -0.39 is 4.92 Å². The summed E-state index contributed by atoms with van der Waals surface area (Å²) < 4.78 is 1.57. The van der Waals surface area contributed by atoms with E-state index in [1.54, 1.807) is 24.6 Å². The molecule has 0 atom stereocenters. The maximum atomic E-state index is 11.0. The third-order valence-corrected chi connectivity index (χ3v) is 3.10. The number of nitrogens with zero attached hydrogens (tertiary/aromatic N) is 3. The number of aromatic nitrogens is 2. The van der Waals surface area contributed by atoms with Crippen molar-refractivity contribution in [2.24, 2.45) is 0 Å². The third-order valence-electron chi connectivity index (χ3n) is 3.10. The zero-order chi connectivity index (χ0) is 14.2. The summed E-state index contributed by atoms with van der Waals surface area (Å²) in [6, 6.07) is 4.58. The topological polar surface area (TPSA) is 78.0 Å². The van der Waals surface area contributed by atoms with E-state index in [4.69, 9.17) is 0 Å². The van der Waals surface area contributed by atoms with Crippen LogP contribution in [0.2, 0.25) is 0 Å². The van der Waals surface area contributed by atoms with Gasteiger partial charge in [-0.1, -0.05) is 6.07 Å². The van der Waals surface area contributed by atoms with E-state index in [9.17, 15) is 14.9 Å². The van der Waals surface area contributed by atoms with Crippen molar-refractivity contribution in [3.63, 3.8) is 0 Å². The summed E-state index contributed by atoms with van der Waals surface area (Å²) in [5.41, 5.74) is 3.28. The summed E-state index contributed by atoms with van der Waals surface area (Å²) >= 11 is 0. The Morgan fingerprint density at radius 2 is 2.00 bits per heavy atom. The second kappa shape index (κ2) is 4.64. The molecule has 1 heterocycles. The molecule has 0 N–H and O–H groups in total. The second-order valence-corrected chi connectivity index (χ2v) is 4.34. The molecule has 0 saturated heterocycles. The van der Waals surface area contributed by atoms with E-state index in [0.717, 1.165) is 11.8 Å². The average Bonchev–Trinajstić information content (AvgIpc) is 2.64. The number of carbonyl (C=O) groups excluding carboxylic acids is 1. The smallest absolute Gasteiger partial charge is 0.271 e. The highest BCUT2D eigenvalue weighted by Gasteiger charge is 2.16. The van der Waals surface area contributed by atoms with E-state index in [1.807, 2.05) is 6.92 Å². The van der Waals surface area contributed by atoms with Gasteiger partial charge in [0, 0.05) is 12.1 Å². The van der Waals surface area contributed by atoms with Crippen LogP contribution in [0.15, 0.2) is 18.2 Å². The van der Waals surface area contributed by atoms with Crippen molar-refractivity contribution in [1.29, 1.82) is 0 Å². The molecule has 6 heteroatoms. The fraction of sp³-hybridized carbons (Fsp3) is 0.231. The predicted molar refractivity (Wildman–Crippen MR) is 69.8 cm³/mol. The lowest BCUT2D eigenvalue weighted by Crippen LogP contribution is -2.03. The number of nitro groups is 1. The number of rotatable bonds is 3. The number of nitro benzene ring substituents is 1. The normalized spacial score (nSPS) is 10.5. The highest BCUT2D eigenvalue weighted by Crippen LogP contribution is 2.23. The summed E-state index contributed by atoms with van der Waals surface area (Å²) in [6.45, 7) is 5.35. The number of carbonyl (C=O) groups is 1. The van der Waals surface area contributed by atoms with Gasteiger partial charge in [0.2, 0.25) is 0 Å². The van der Waals surface area contributed by atoms with Crippen LogP contribution in [-0.2, 0) is 0 Å². The molecule has 1 aromatic carbocycles. The van der Waals surface area contributed by atoms with Gasteiger partial charge in [-0.05, 0) is 26.3 Å². The summed E-state index contributed by atoms with van der Waals surface area (Å²) in [7, 11) is 0. The predicted octanol–water partition coefficient (Wildman–Crippen LogP) is 2.52. The number of hydrogen-bond acceptors (Lipinski definition) is 4. The highest BCUT2D eigenvalue weighted by molar-refractivity contribution is 5.78. The fourth-order valence-electron chi connectivity index (χ4n) is 2.00. The van der Waals surface area contributed by atoms with Crippen molar-refractivity contribution in [1.82, 2.24) is 9.78 Å². The molecule has 0 spiro atoms. The van der Waals surface area contributed by atoms with Crippen LogP contribution in [0.5, 0.6) is 0 Å². The van der Waals surface area contributed by atoms with E-state index >= 15 is 0 Å². The zero-order valence-corrected chi connectivity index (χ0v) is 10.9. The van der Waals surface area contributed by atoms with Crippen LogP contribution in [0.25, 0.3) is 5.69 Å². The van der Waals surface area contributed by atoms with Crippen LogP contribution in [-0.4, -0.2) is 21.0 Å². The minimum atomic E-state index is -0.449. The quantitative estimate of drug-likeness (QED) is 0.482. The Bertz CT molecular complexity index is 674. The Labute approximate surface area is 109 Å². The van der Waals surface area contributed by atoms with Gasteiger partial charge in [0.1, 0.15) is 0 Å². The summed E-state index contributed by atoms with van der Waals surface area (Å²) in [5.74, 6) is 0. The van der Waals surface area contributed by atoms with E-state index in [2.05, 4.69) is 5.10 Å². The van der Waals surface area contributed by atoms with Crippen molar-refractivity contribution in [3.05, 3.63) is 50.8 Å². The molecule has 2 aromatic rings. The SMILES string of the molecule is Cc1ccc([N+](=O)[O-])cc1-n1nc(C)c(C=O)c1C. The second-order valence-electron chi connectivity index (χ2n) is 4.34. The molecular weight excluding hydrogens is 246 g/mol. The largest absolute Gasteiger partial charge is 0.298 e. The Morgan fingerprint density at radius 3 is 2.53 bits per heavy atom. The Hall–Kier alpha value is -2.50. The van der Waals surface area contributed by atoms with Gasteiger partial charge >= 0.3 is 0 Å². The molecule has 19 heavy (non-hydrogen) atoms. The van der Waals surface area contributed by atoms with Gasteiger partial charge in [-0.3, -0.25) is 14.9 Å². The minimum Gasteiger partial charge on any atom is -0.298 e. The first-order valence-corrected chi connectivity index (χ1v) is 5.72. The molecule has 6 nitrogen and oxygen atoms in total.